The molecule has 1 saturated heterocycles. The molecule has 2 rings (SSSR count). The average Bonchev–Trinajstić information content (AvgIpc) is 2.60. The van der Waals surface area contributed by atoms with E-state index in [0.29, 0.717) is 37.6 Å². The molecule has 0 unspecified atom stereocenters. The lowest BCUT2D eigenvalue weighted by Gasteiger charge is -2.25. The number of aromatic nitrogens is 1. The molecule has 0 bridgehead atoms. The lowest BCUT2D eigenvalue weighted by molar-refractivity contribution is 0.354. The van der Waals surface area contributed by atoms with Crippen LogP contribution in [-0.4, -0.2) is 44.1 Å². The molecule has 1 fully saturated rings. The number of hydrogen-bond donors (Lipinski definition) is 0. The highest BCUT2D eigenvalue weighted by atomic mass is 32.2. The van der Waals surface area contributed by atoms with Gasteiger partial charge in [0.05, 0.1) is 0 Å². The van der Waals surface area contributed by atoms with Crippen molar-refractivity contribution in [1.82, 2.24) is 14.8 Å². The van der Waals surface area contributed by atoms with Crippen LogP contribution in [0, 0.1) is 13.8 Å². The summed E-state index contributed by atoms with van der Waals surface area (Å²) in [5.41, 5.74) is 0.417. The van der Waals surface area contributed by atoms with E-state index in [4.69, 9.17) is 4.52 Å². The lowest BCUT2D eigenvalue weighted by atomic mass is 10.4. The first-order valence-corrected chi connectivity index (χ1v) is 6.54. The van der Waals surface area contributed by atoms with E-state index in [1.165, 1.54) is 4.31 Å². The molecule has 0 amide bonds. The molecule has 0 aliphatic carbocycles. The normalized spacial score (nSPS) is 18.9. The highest BCUT2D eigenvalue weighted by molar-refractivity contribution is 7.89. The summed E-state index contributed by atoms with van der Waals surface area (Å²) < 4.78 is 30.9. The van der Waals surface area contributed by atoms with Gasteiger partial charge in [-0.15, -0.1) is 0 Å². The highest BCUT2D eigenvalue weighted by Crippen LogP contribution is 2.23. The van der Waals surface area contributed by atoms with Gasteiger partial charge in [-0.25, -0.2) is 13.7 Å². The van der Waals surface area contributed by atoms with Crippen LogP contribution >= 0.6 is 0 Å². The fourth-order valence-corrected chi connectivity index (χ4v) is 3.51. The zero-order valence-corrected chi connectivity index (χ0v) is 10.1. The van der Waals surface area contributed by atoms with Crippen molar-refractivity contribution in [2.75, 3.05) is 26.2 Å². The molecule has 16 heavy (non-hydrogen) atoms. The number of piperazine rings is 1. The van der Waals surface area contributed by atoms with Gasteiger partial charge in [0.15, 0.2) is 5.76 Å². The van der Waals surface area contributed by atoms with Gasteiger partial charge in [-0.2, -0.15) is 4.31 Å². The van der Waals surface area contributed by atoms with Crippen LogP contribution in [0.25, 0.3) is 0 Å². The Bertz CT molecular complexity index is 455. The maximum Gasteiger partial charge on any atom is 0.248 e. The summed E-state index contributed by atoms with van der Waals surface area (Å²) in [4.78, 5) is 0.203. The fraction of sp³-hybridized carbons (Fsp3) is 0.667. The lowest BCUT2D eigenvalue weighted by Crippen LogP contribution is -2.43. The molecule has 2 heterocycles. The Labute approximate surface area is 94.7 Å². The van der Waals surface area contributed by atoms with Gasteiger partial charge in [0.1, 0.15) is 10.6 Å². The van der Waals surface area contributed by atoms with Crippen molar-refractivity contribution < 1.29 is 12.9 Å². The molecule has 1 radical (unpaired) electrons. The van der Waals surface area contributed by atoms with E-state index in [9.17, 15) is 8.42 Å². The topological polar surface area (TPSA) is 77.5 Å². The number of rotatable bonds is 2. The molecule has 0 atom stereocenters. The second-order valence-corrected chi connectivity index (χ2v) is 5.60. The van der Waals surface area contributed by atoms with E-state index in [1.807, 2.05) is 0 Å². The second-order valence-electron chi connectivity index (χ2n) is 3.73. The molecule has 0 aromatic carbocycles. The van der Waals surface area contributed by atoms with Crippen molar-refractivity contribution >= 4 is 10.0 Å². The predicted molar refractivity (Wildman–Crippen MR) is 56.6 cm³/mol. The smallest absolute Gasteiger partial charge is 0.248 e. The number of sulfonamides is 1. The van der Waals surface area contributed by atoms with Crippen molar-refractivity contribution in [2.45, 2.75) is 18.7 Å². The Kier molecular flexibility index (Phi) is 3.00. The third-order valence-corrected chi connectivity index (χ3v) is 4.72. The van der Waals surface area contributed by atoms with Crippen molar-refractivity contribution in [3.05, 3.63) is 11.5 Å². The van der Waals surface area contributed by atoms with Gasteiger partial charge in [0.25, 0.3) is 0 Å². The quantitative estimate of drug-likeness (QED) is 0.728. The molecular formula is C9H14N3O3S. The number of nitrogens with zero attached hydrogens (tertiary/aromatic N) is 3. The fourth-order valence-electron chi connectivity index (χ4n) is 1.80. The summed E-state index contributed by atoms with van der Waals surface area (Å²) >= 11 is 0. The molecule has 6 nitrogen and oxygen atoms in total. The summed E-state index contributed by atoms with van der Waals surface area (Å²) in [6.07, 6.45) is 0. The molecule has 1 aliphatic heterocycles. The number of hydrogen-bond acceptors (Lipinski definition) is 4. The molecule has 1 aliphatic rings. The van der Waals surface area contributed by atoms with Gasteiger partial charge in [-0.05, 0) is 13.8 Å². The minimum Gasteiger partial charge on any atom is -0.360 e. The molecule has 7 heteroatoms. The average molecular weight is 244 g/mol. The molecule has 1 aromatic heterocycles. The summed E-state index contributed by atoms with van der Waals surface area (Å²) in [6, 6.07) is 0. The molecule has 89 valence electrons. The highest BCUT2D eigenvalue weighted by Gasteiger charge is 2.31. The van der Waals surface area contributed by atoms with Crippen LogP contribution in [0.5, 0.6) is 0 Å². The number of aryl methyl sites for hydroxylation is 2. The van der Waals surface area contributed by atoms with Gasteiger partial charge >= 0.3 is 0 Å². The summed E-state index contributed by atoms with van der Waals surface area (Å²) in [6.45, 7) is 5.24. The van der Waals surface area contributed by atoms with E-state index in [1.54, 1.807) is 13.8 Å². The van der Waals surface area contributed by atoms with Crippen molar-refractivity contribution in [2.24, 2.45) is 0 Å². The molecule has 0 saturated carbocycles. The minimum absolute atomic E-state index is 0.203. The van der Waals surface area contributed by atoms with Gasteiger partial charge in [-0.3, -0.25) is 0 Å². The predicted octanol–water partition coefficient (Wildman–Crippen LogP) is -0.0999. The third kappa shape index (κ3) is 1.85. The standard InChI is InChI=1S/C9H14N3O3S/c1-7-9(8(2)15-11-7)16(13,14)12-5-3-10-4-6-12/h3-6H2,1-2H3. The molecule has 0 N–H and O–H groups in total. The van der Waals surface area contributed by atoms with Gasteiger partial charge in [0.2, 0.25) is 10.0 Å². The Morgan fingerprint density at radius 1 is 1.25 bits per heavy atom. The Morgan fingerprint density at radius 3 is 2.38 bits per heavy atom. The van der Waals surface area contributed by atoms with Crippen molar-refractivity contribution in [1.29, 1.82) is 0 Å². The maximum absolute atomic E-state index is 12.3. The van der Waals surface area contributed by atoms with Crippen LogP contribution in [0.3, 0.4) is 0 Å². The van der Waals surface area contributed by atoms with E-state index in [-0.39, 0.29) is 4.90 Å². The van der Waals surface area contributed by atoms with Crippen molar-refractivity contribution in [3.8, 4) is 0 Å². The van der Waals surface area contributed by atoms with Gasteiger partial charge in [-0.1, -0.05) is 5.16 Å². The van der Waals surface area contributed by atoms with Crippen LogP contribution < -0.4 is 5.32 Å². The van der Waals surface area contributed by atoms with Crippen LogP contribution in [0.2, 0.25) is 0 Å². The first-order chi connectivity index (χ1) is 7.53. The van der Waals surface area contributed by atoms with Gasteiger partial charge < -0.3 is 4.52 Å². The Morgan fingerprint density at radius 2 is 1.88 bits per heavy atom. The van der Waals surface area contributed by atoms with Crippen LogP contribution in [0.1, 0.15) is 11.5 Å². The summed E-state index contributed by atoms with van der Waals surface area (Å²) in [5, 5.41) is 7.79. The van der Waals surface area contributed by atoms with E-state index < -0.39 is 10.0 Å². The van der Waals surface area contributed by atoms with Gasteiger partial charge in [0, 0.05) is 26.2 Å². The van der Waals surface area contributed by atoms with Crippen molar-refractivity contribution in [3.63, 3.8) is 0 Å². The van der Waals surface area contributed by atoms with E-state index in [0.717, 1.165) is 0 Å². The Balaban J connectivity index is 2.38. The minimum atomic E-state index is -3.46. The molecule has 0 spiro atoms. The Hall–Kier alpha value is -0.920. The first-order valence-electron chi connectivity index (χ1n) is 5.10. The molecular weight excluding hydrogens is 230 g/mol. The zero-order valence-electron chi connectivity index (χ0n) is 9.30. The summed E-state index contributed by atoms with van der Waals surface area (Å²) in [7, 11) is -3.46. The monoisotopic (exact) mass is 244 g/mol. The second kappa shape index (κ2) is 4.15. The SMILES string of the molecule is Cc1noc(C)c1S(=O)(=O)N1CC[N]CC1. The third-order valence-electron chi connectivity index (χ3n) is 2.58. The molecule has 1 aromatic rings. The zero-order chi connectivity index (χ0) is 11.8. The summed E-state index contributed by atoms with van der Waals surface area (Å²) in [5.74, 6) is 0.347. The largest absolute Gasteiger partial charge is 0.360 e. The first kappa shape index (κ1) is 11.6. The maximum atomic E-state index is 12.3. The van der Waals surface area contributed by atoms with Crippen LogP contribution in [0.4, 0.5) is 0 Å². The van der Waals surface area contributed by atoms with Crippen LogP contribution in [0.15, 0.2) is 9.42 Å². The van der Waals surface area contributed by atoms with E-state index in [2.05, 4.69) is 10.5 Å². The van der Waals surface area contributed by atoms with Crippen LogP contribution in [-0.2, 0) is 10.0 Å². The van der Waals surface area contributed by atoms with E-state index >= 15 is 0 Å².